The van der Waals surface area contributed by atoms with Gasteiger partial charge in [-0.05, 0) is 42.5 Å². The van der Waals surface area contributed by atoms with Gasteiger partial charge in [0.05, 0.1) is 6.54 Å². The van der Waals surface area contributed by atoms with Crippen LogP contribution in [0.2, 0.25) is 0 Å². The lowest BCUT2D eigenvalue weighted by Gasteiger charge is -2.27. The molecule has 5 rings (SSSR count). The zero-order valence-electron chi connectivity index (χ0n) is 18.6. The van der Waals surface area contributed by atoms with Gasteiger partial charge < -0.3 is 25.5 Å². The number of nitrogens with zero attached hydrogens (tertiary/aromatic N) is 1. The highest BCUT2D eigenvalue weighted by Crippen LogP contribution is 2.27. The van der Waals surface area contributed by atoms with Crippen molar-refractivity contribution in [1.82, 2.24) is 25.5 Å². The third kappa shape index (κ3) is 4.58. The van der Waals surface area contributed by atoms with Gasteiger partial charge in [-0.25, -0.2) is 4.79 Å². The number of rotatable bonds is 7. The molecule has 1 aliphatic rings. The Morgan fingerprint density at radius 2 is 1.73 bits per heavy atom. The Kier molecular flexibility index (Phi) is 6.02. The summed E-state index contributed by atoms with van der Waals surface area (Å²) in [5.41, 5.74) is 5.88. The minimum absolute atomic E-state index is 0.0183. The first-order valence-electron chi connectivity index (χ1n) is 11.6. The standard InChI is InChI=1S/C26H29N5O2/c32-25(27-14-11-18-16-29-22-8-3-1-6-19(18)22)10-5-13-28-26(33)31-15-12-21-20-7-2-4-9-23(20)30-24(21)17-31/h1-4,6-9,16,29-30H,5,10-15,17H2,(H,27,32)(H,28,33). The lowest BCUT2D eigenvalue weighted by atomic mass is 10.0. The first-order chi connectivity index (χ1) is 16.2. The number of fused-ring (bicyclic) bond motifs is 4. The number of nitrogens with one attached hydrogen (secondary N) is 4. The number of hydrogen-bond donors (Lipinski definition) is 4. The molecule has 0 bridgehead atoms. The van der Waals surface area contributed by atoms with E-state index < -0.39 is 0 Å². The summed E-state index contributed by atoms with van der Waals surface area (Å²) in [6, 6.07) is 16.4. The quantitative estimate of drug-likeness (QED) is 0.327. The number of aromatic amines is 2. The average molecular weight is 444 g/mol. The van der Waals surface area contributed by atoms with Gasteiger partial charge in [-0.1, -0.05) is 36.4 Å². The van der Waals surface area contributed by atoms with Gasteiger partial charge in [-0.2, -0.15) is 0 Å². The number of carbonyl (C=O) groups excluding carboxylic acids is 2. The number of H-pyrrole nitrogens is 2. The minimum Gasteiger partial charge on any atom is -0.361 e. The van der Waals surface area contributed by atoms with E-state index in [-0.39, 0.29) is 11.9 Å². The SMILES string of the molecule is O=C(CCCNC(=O)N1CCc2c([nH]c3ccccc23)C1)NCCc1c[nH]c2ccccc12. The summed E-state index contributed by atoms with van der Waals surface area (Å²) in [7, 11) is 0. The molecule has 4 aromatic rings. The summed E-state index contributed by atoms with van der Waals surface area (Å²) < 4.78 is 0. The molecule has 0 atom stereocenters. The van der Waals surface area contributed by atoms with Crippen LogP contribution in [0, 0.1) is 0 Å². The first kappa shape index (κ1) is 21.1. The van der Waals surface area contributed by atoms with Gasteiger partial charge in [-0.15, -0.1) is 0 Å². The summed E-state index contributed by atoms with van der Waals surface area (Å²) >= 11 is 0. The monoisotopic (exact) mass is 443 g/mol. The predicted octanol–water partition coefficient (Wildman–Crippen LogP) is 3.86. The molecule has 0 saturated heterocycles. The summed E-state index contributed by atoms with van der Waals surface area (Å²) in [5, 5.41) is 8.39. The summed E-state index contributed by atoms with van der Waals surface area (Å²) in [5.74, 6) is 0.0183. The van der Waals surface area contributed by atoms with Crippen LogP contribution in [-0.4, -0.2) is 46.4 Å². The molecule has 0 aliphatic carbocycles. The fourth-order valence-electron chi connectivity index (χ4n) is 4.69. The van der Waals surface area contributed by atoms with Gasteiger partial charge in [0.1, 0.15) is 0 Å². The number of aromatic nitrogens is 2. The van der Waals surface area contributed by atoms with Crippen molar-refractivity contribution in [3.05, 3.63) is 71.5 Å². The molecular formula is C26H29N5O2. The van der Waals surface area contributed by atoms with E-state index in [1.807, 2.05) is 35.4 Å². The van der Waals surface area contributed by atoms with E-state index in [4.69, 9.17) is 0 Å². The summed E-state index contributed by atoms with van der Waals surface area (Å²) in [6.07, 6.45) is 4.67. The Morgan fingerprint density at radius 3 is 2.61 bits per heavy atom. The smallest absolute Gasteiger partial charge is 0.317 e. The van der Waals surface area contributed by atoms with Crippen LogP contribution in [0.15, 0.2) is 54.7 Å². The third-order valence-corrected chi connectivity index (χ3v) is 6.42. The lowest BCUT2D eigenvalue weighted by Crippen LogP contribution is -2.43. The van der Waals surface area contributed by atoms with Crippen LogP contribution in [0.3, 0.4) is 0 Å². The molecule has 0 radical (unpaired) electrons. The summed E-state index contributed by atoms with van der Waals surface area (Å²) in [4.78, 5) is 33.3. The van der Waals surface area contributed by atoms with Crippen molar-refractivity contribution >= 4 is 33.7 Å². The number of benzene rings is 2. The second-order valence-corrected chi connectivity index (χ2v) is 8.59. The molecule has 170 valence electrons. The van der Waals surface area contributed by atoms with Crippen molar-refractivity contribution in [3.63, 3.8) is 0 Å². The maximum Gasteiger partial charge on any atom is 0.317 e. The largest absolute Gasteiger partial charge is 0.361 e. The number of para-hydroxylation sites is 2. The fraction of sp³-hybridized carbons (Fsp3) is 0.308. The summed E-state index contributed by atoms with van der Waals surface area (Å²) in [6.45, 7) is 2.39. The van der Waals surface area contributed by atoms with E-state index in [1.54, 1.807) is 0 Å². The predicted molar refractivity (Wildman–Crippen MR) is 130 cm³/mol. The Bertz CT molecular complexity index is 1290. The molecule has 4 N–H and O–H groups in total. The lowest BCUT2D eigenvalue weighted by molar-refractivity contribution is -0.121. The van der Waals surface area contributed by atoms with Gasteiger partial charge >= 0.3 is 6.03 Å². The number of urea groups is 1. The maximum atomic E-state index is 12.6. The molecule has 2 aromatic heterocycles. The Labute approximate surface area is 192 Å². The van der Waals surface area contributed by atoms with E-state index in [1.165, 1.54) is 21.9 Å². The Balaban J connectivity index is 1.02. The number of carbonyl (C=O) groups is 2. The Hall–Kier alpha value is -3.74. The molecular weight excluding hydrogens is 414 g/mol. The van der Waals surface area contributed by atoms with Crippen LogP contribution in [0.4, 0.5) is 4.79 Å². The zero-order valence-corrected chi connectivity index (χ0v) is 18.6. The number of amides is 3. The topological polar surface area (TPSA) is 93.0 Å². The number of hydrogen-bond acceptors (Lipinski definition) is 2. The van der Waals surface area contributed by atoms with Crippen LogP contribution in [0.5, 0.6) is 0 Å². The van der Waals surface area contributed by atoms with E-state index in [9.17, 15) is 9.59 Å². The van der Waals surface area contributed by atoms with Crippen molar-refractivity contribution < 1.29 is 9.59 Å². The molecule has 3 heterocycles. The molecule has 2 aromatic carbocycles. The van der Waals surface area contributed by atoms with E-state index in [0.717, 1.165) is 29.6 Å². The fourth-order valence-corrected chi connectivity index (χ4v) is 4.69. The van der Waals surface area contributed by atoms with Gasteiger partial charge in [0.25, 0.3) is 0 Å². The van der Waals surface area contributed by atoms with Crippen molar-refractivity contribution in [3.8, 4) is 0 Å². The van der Waals surface area contributed by atoms with E-state index in [2.05, 4.69) is 44.9 Å². The molecule has 0 spiro atoms. The average Bonchev–Trinajstić information content (AvgIpc) is 3.42. The first-order valence-corrected chi connectivity index (χ1v) is 11.6. The molecule has 7 heteroatoms. The van der Waals surface area contributed by atoms with Crippen molar-refractivity contribution in [2.24, 2.45) is 0 Å². The normalized spacial score (nSPS) is 13.3. The second-order valence-electron chi connectivity index (χ2n) is 8.59. The third-order valence-electron chi connectivity index (χ3n) is 6.42. The maximum absolute atomic E-state index is 12.6. The van der Waals surface area contributed by atoms with Crippen LogP contribution >= 0.6 is 0 Å². The molecule has 1 aliphatic heterocycles. The molecule has 33 heavy (non-hydrogen) atoms. The van der Waals surface area contributed by atoms with Crippen molar-refractivity contribution in [1.29, 1.82) is 0 Å². The van der Waals surface area contributed by atoms with Crippen LogP contribution in [-0.2, 0) is 24.2 Å². The molecule has 0 saturated carbocycles. The molecule has 0 fully saturated rings. The van der Waals surface area contributed by atoms with Crippen LogP contribution < -0.4 is 10.6 Å². The van der Waals surface area contributed by atoms with Crippen LogP contribution in [0.25, 0.3) is 21.8 Å². The van der Waals surface area contributed by atoms with Crippen LogP contribution in [0.1, 0.15) is 29.7 Å². The highest BCUT2D eigenvalue weighted by atomic mass is 16.2. The minimum atomic E-state index is -0.0703. The van der Waals surface area contributed by atoms with Gasteiger partial charge in [0.15, 0.2) is 0 Å². The van der Waals surface area contributed by atoms with E-state index >= 15 is 0 Å². The van der Waals surface area contributed by atoms with Gasteiger partial charge in [-0.3, -0.25) is 4.79 Å². The molecule has 0 unspecified atom stereocenters. The van der Waals surface area contributed by atoms with Gasteiger partial charge in [0.2, 0.25) is 5.91 Å². The zero-order chi connectivity index (χ0) is 22.6. The highest BCUT2D eigenvalue weighted by Gasteiger charge is 2.23. The Morgan fingerprint density at radius 1 is 0.939 bits per heavy atom. The van der Waals surface area contributed by atoms with E-state index in [0.29, 0.717) is 39.0 Å². The molecule has 3 amide bonds. The van der Waals surface area contributed by atoms with Crippen molar-refractivity contribution in [2.45, 2.75) is 32.2 Å². The second kappa shape index (κ2) is 9.40. The van der Waals surface area contributed by atoms with Crippen molar-refractivity contribution in [2.75, 3.05) is 19.6 Å². The highest BCUT2D eigenvalue weighted by molar-refractivity contribution is 5.86. The van der Waals surface area contributed by atoms with Gasteiger partial charge in [0, 0.05) is 59.8 Å². The molecule has 7 nitrogen and oxygen atoms in total.